The van der Waals surface area contributed by atoms with E-state index >= 15 is 0 Å². The highest BCUT2D eigenvalue weighted by atomic mass is 35.5. The Labute approximate surface area is 134 Å². The average molecular weight is 312 g/mol. The molecule has 0 spiro atoms. The highest BCUT2D eigenvalue weighted by Gasteiger charge is 1.97. The minimum absolute atomic E-state index is 0.788. The van der Waals surface area contributed by atoms with Crippen LogP contribution in [0.5, 0.6) is 0 Å². The second-order valence-corrected chi connectivity index (χ2v) is 6.02. The van der Waals surface area contributed by atoms with Crippen molar-refractivity contribution in [1.29, 1.82) is 0 Å². The largest absolute Gasteiger partial charge is 0.359 e. The molecule has 3 nitrogen and oxygen atoms in total. The SMILES string of the molecule is Cc1cc2cc(Cl)ccc2[nH]1.Cc1cnc2[nH]c(C)cc2c1. The Kier molecular flexibility index (Phi) is 3.90. The lowest BCUT2D eigenvalue weighted by atomic mass is 10.2. The molecule has 0 aliphatic carbocycles. The molecule has 112 valence electrons. The molecule has 0 radical (unpaired) electrons. The number of nitrogens with one attached hydrogen (secondary N) is 2. The van der Waals surface area contributed by atoms with Gasteiger partial charge in [-0.1, -0.05) is 11.6 Å². The van der Waals surface area contributed by atoms with Crippen molar-refractivity contribution >= 4 is 33.5 Å². The van der Waals surface area contributed by atoms with E-state index in [0.717, 1.165) is 21.9 Å². The van der Waals surface area contributed by atoms with Gasteiger partial charge in [-0.25, -0.2) is 4.98 Å². The Bertz CT molecular complexity index is 856. The molecule has 3 aromatic heterocycles. The lowest BCUT2D eigenvalue weighted by Gasteiger charge is -1.89. The summed E-state index contributed by atoms with van der Waals surface area (Å²) in [6.45, 7) is 6.12. The second-order valence-electron chi connectivity index (χ2n) is 5.59. The third-order valence-electron chi connectivity index (χ3n) is 3.46. The van der Waals surface area contributed by atoms with E-state index in [1.165, 1.54) is 22.0 Å². The van der Waals surface area contributed by atoms with E-state index in [2.05, 4.69) is 40.1 Å². The number of aromatic nitrogens is 3. The summed E-state index contributed by atoms with van der Waals surface area (Å²) in [5.74, 6) is 0. The minimum atomic E-state index is 0.788. The number of fused-ring (bicyclic) bond motifs is 2. The van der Waals surface area contributed by atoms with Gasteiger partial charge in [0.2, 0.25) is 0 Å². The summed E-state index contributed by atoms with van der Waals surface area (Å²) in [5.41, 5.74) is 5.66. The van der Waals surface area contributed by atoms with Crippen molar-refractivity contribution in [3.8, 4) is 0 Å². The van der Waals surface area contributed by atoms with E-state index in [-0.39, 0.29) is 0 Å². The van der Waals surface area contributed by atoms with Crippen LogP contribution in [0.2, 0.25) is 5.02 Å². The summed E-state index contributed by atoms with van der Waals surface area (Å²) in [6, 6.07) is 12.2. The lowest BCUT2D eigenvalue weighted by molar-refractivity contribution is 1.24. The summed E-state index contributed by atoms with van der Waals surface area (Å²) < 4.78 is 0. The average Bonchev–Trinajstić information content (AvgIpc) is 2.99. The highest BCUT2D eigenvalue weighted by molar-refractivity contribution is 6.31. The summed E-state index contributed by atoms with van der Waals surface area (Å²) in [5, 5.41) is 3.16. The molecule has 0 aliphatic heterocycles. The molecule has 4 aromatic rings. The zero-order valence-corrected chi connectivity index (χ0v) is 13.6. The molecular weight excluding hydrogens is 294 g/mol. The van der Waals surface area contributed by atoms with E-state index in [4.69, 9.17) is 11.6 Å². The van der Waals surface area contributed by atoms with Crippen LogP contribution in [0.4, 0.5) is 0 Å². The highest BCUT2D eigenvalue weighted by Crippen LogP contribution is 2.19. The van der Waals surface area contributed by atoms with Crippen LogP contribution in [-0.4, -0.2) is 15.0 Å². The van der Waals surface area contributed by atoms with Gasteiger partial charge in [-0.05, 0) is 62.7 Å². The van der Waals surface area contributed by atoms with Crippen molar-refractivity contribution in [1.82, 2.24) is 15.0 Å². The first-order valence-corrected chi connectivity index (χ1v) is 7.56. The Balaban J connectivity index is 0.000000131. The normalized spacial score (nSPS) is 10.7. The standard InChI is InChI=1S/C9H8ClN.C9H10N2/c1-6-4-7-5-8(10)2-3-9(7)11-6;1-6-3-8-4-7(2)11-9(8)10-5-6/h2-5,11H,1H3;3-5H,1-2H3,(H,10,11). The summed E-state index contributed by atoms with van der Waals surface area (Å²) in [4.78, 5) is 10.6. The molecule has 22 heavy (non-hydrogen) atoms. The van der Waals surface area contributed by atoms with Gasteiger partial charge in [0.15, 0.2) is 0 Å². The van der Waals surface area contributed by atoms with E-state index in [9.17, 15) is 0 Å². The minimum Gasteiger partial charge on any atom is -0.359 e. The van der Waals surface area contributed by atoms with Crippen LogP contribution in [0.3, 0.4) is 0 Å². The van der Waals surface area contributed by atoms with Gasteiger partial charge in [0.1, 0.15) is 5.65 Å². The molecule has 2 N–H and O–H groups in total. The maximum atomic E-state index is 5.81. The molecule has 0 atom stereocenters. The quantitative estimate of drug-likeness (QED) is 0.454. The molecule has 0 saturated carbocycles. The van der Waals surface area contributed by atoms with Gasteiger partial charge in [-0.2, -0.15) is 0 Å². The fraction of sp³-hybridized carbons (Fsp3) is 0.167. The first-order chi connectivity index (χ1) is 10.5. The van der Waals surface area contributed by atoms with Crippen LogP contribution >= 0.6 is 11.6 Å². The van der Waals surface area contributed by atoms with Crippen LogP contribution < -0.4 is 0 Å². The van der Waals surface area contributed by atoms with Gasteiger partial charge in [-0.15, -0.1) is 0 Å². The van der Waals surface area contributed by atoms with Gasteiger partial charge < -0.3 is 9.97 Å². The van der Waals surface area contributed by atoms with Crippen molar-refractivity contribution in [2.24, 2.45) is 0 Å². The molecule has 0 unspecified atom stereocenters. The molecule has 4 heteroatoms. The molecule has 0 amide bonds. The molecule has 0 bridgehead atoms. The number of hydrogen-bond acceptors (Lipinski definition) is 1. The molecule has 0 fully saturated rings. The Morgan fingerprint density at radius 2 is 1.59 bits per heavy atom. The van der Waals surface area contributed by atoms with E-state index in [0.29, 0.717) is 0 Å². The number of benzene rings is 1. The summed E-state index contributed by atoms with van der Waals surface area (Å²) in [6.07, 6.45) is 1.87. The maximum Gasteiger partial charge on any atom is 0.137 e. The topological polar surface area (TPSA) is 44.5 Å². The predicted molar refractivity (Wildman–Crippen MR) is 93.6 cm³/mol. The number of H-pyrrole nitrogens is 2. The van der Waals surface area contributed by atoms with Crippen LogP contribution in [0.25, 0.3) is 21.9 Å². The molecule has 3 heterocycles. The third kappa shape index (κ3) is 3.15. The molecule has 0 saturated heterocycles. The fourth-order valence-corrected chi connectivity index (χ4v) is 2.69. The van der Waals surface area contributed by atoms with Crippen molar-refractivity contribution in [2.45, 2.75) is 20.8 Å². The molecule has 1 aromatic carbocycles. The van der Waals surface area contributed by atoms with E-state index < -0.39 is 0 Å². The van der Waals surface area contributed by atoms with Gasteiger partial charge in [-0.3, -0.25) is 0 Å². The summed E-state index contributed by atoms with van der Waals surface area (Å²) >= 11 is 5.81. The number of hydrogen-bond donors (Lipinski definition) is 2. The number of nitrogens with zero attached hydrogens (tertiary/aromatic N) is 1. The van der Waals surface area contributed by atoms with Gasteiger partial charge in [0.05, 0.1) is 0 Å². The zero-order valence-electron chi connectivity index (χ0n) is 12.9. The molecule has 0 aliphatic rings. The van der Waals surface area contributed by atoms with Crippen molar-refractivity contribution in [3.05, 3.63) is 64.6 Å². The number of rotatable bonds is 0. The molecular formula is C18H18ClN3. The number of pyridine rings is 1. The zero-order chi connectivity index (χ0) is 15.7. The van der Waals surface area contributed by atoms with Gasteiger partial charge in [0, 0.05) is 38.9 Å². The van der Waals surface area contributed by atoms with Crippen molar-refractivity contribution in [2.75, 3.05) is 0 Å². The maximum absolute atomic E-state index is 5.81. The monoisotopic (exact) mass is 311 g/mol. The third-order valence-corrected chi connectivity index (χ3v) is 3.69. The first kappa shape index (κ1) is 14.7. The Morgan fingerprint density at radius 1 is 0.864 bits per heavy atom. The van der Waals surface area contributed by atoms with Crippen LogP contribution in [-0.2, 0) is 0 Å². The fourth-order valence-electron chi connectivity index (χ4n) is 2.51. The Morgan fingerprint density at radius 3 is 2.41 bits per heavy atom. The van der Waals surface area contributed by atoms with Gasteiger partial charge in [0.25, 0.3) is 0 Å². The lowest BCUT2D eigenvalue weighted by Crippen LogP contribution is -1.77. The van der Waals surface area contributed by atoms with Crippen LogP contribution in [0.1, 0.15) is 17.0 Å². The van der Waals surface area contributed by atoms with Crippen molar-refractivity contribution in [3.63, 3.8) is 0 Å². The van der Waals surface area contributed by atoms with E-state index in [1.54, 1.807) is 0 Å². The smallest absolute Gasteiger partial charge is 0.137 e. The summed E-state index contributed by atoms with van der Waals surface area (Å²) in [7, 11) is 0. The number of aromatic amines is 2. The number of halogens is 1. The van der Waals surface area contributed by atoms with Crippen molar-refractivity contribution < 1.29 is 0 Å². The number of aryl methyl sites for hydroxylation is 3. The van der Waals surface area contributed by atoms with E-state index in [1.807, 2.05) is 38.2 Å². The first-order valence-electron chi connectivity index (χ1n) is 7.18. The van der Waals surface area contributed by atoms with Crippen LogP contribution in [0, 0.1) is 20.8 Å². The second kappa shape index (κ2) is 5.85. The van der Waals surface area contributed by atoms with Crippen LogP contribution in [0.15, 0.2) is 42.6 Å². The molecule has 4 rings (SSSR count). The Hall–Kier alpha value is -2.26. The van der Waals surface area contributed by atoms with Gasteiger partial charge >= 0.3 is 0 Å². The predicted octanol–water partition coefficient (Wildman–Crippen LogP) is 5.31.